The zero-order chi connectivity index (χ0) is 16.1. The summed E-state index contributed by atoms with van der Waals surface area (Å²) in [6.07, 6.45) is 5.70. The van der Waals surface area contributed by atoms with Crippen molar-refractivity contribution in [3.8, 4) is 22.8 Å². The van der Waals surface area contributed by atoms with Crippen LogP contribution in [-0.2, 0) is 0 Å². The van der Waals surface area contributed by atoms with Crippen molar-refractivity contribution < 1.29 is 9.05 Å². The number of aromatic nitrogens is 5. The second kappa shape index (κ2) is 4.95. The Labute approximate surface area is 136 Å². The number of hydrogen-bond acceptors (Lipinski definition) is 7. The molecule has 0 spiro atoms. The van der Waals surface area contributed by atoms with Crippen LogP contribution in [0.1, 0.15) is 30.1 Å². The van der Waals surface area contributed by atoms with Gasteiger partial charge in [-0.25, -0.2) is 4.98 Å². The van der Waals surface area contributed by atoms with Gasteiger partial charge in [-0.05, 0) is 38.0 Å². The molecule has 0 atom stereocenters. The fraction of sp³-hybridized carbons (Fsp3) is 0.235. The van der Waals surface area contributed by atoms with E-state index in [1.54, 1.807) is 12.4 Å². The van der Waals surface area contributed by atoms with Crippen LogP contribution in [0.2, 0.25) is 0 Å². The van der Waals surface area contributed by atoms with Gasteiger partial charge in [-0.15, -0.1) is 0 Å². The van der Waals surface area contributed by atoms with Gasteiger partial charge in [0, 0.05) is 29.6 Å². The summed E-state index contributed by atoms with van der Waals surface area (Å²) >= 11 is 0. The maximum atomic E-state index is 5.51. The lowest BCUT2D eigenvalue weighted by atomic mass is 10.1. The Morgan fingerprint density at radius 2 is 1.88 bits per heavy atom. The summed E-state index contributed by atoms with van der Waals surface area (Å²) in [6, 6.07) is 5.71. The molecule has 0 bridgehead atoms. The molecule has 0 aromatic carbocycles. The zero-order valence-electron chi connectivity index (χ0n) is 12.9. The van der Waals surface area contributed by atoms with Crippen LogP contribution in [0.25, 0.3) is 33.9 Å². The summed E-state index contributed by atoms with van der Waals surface area (Å²) in [5.74, 6) is 1.46. The van der Waals surface area contributed by atoms with Crippen LogP contribution in [0, 0.1) is 6.92 Å². The maximum absolute atomic E-state index is 5.51. The smallest absolute Gasteiger partial charge is 0.259 e. The summed E-state index contributed by atoms with van der Waals surface area (Å²) in [7, 11) is 0. The van der Waals surface area contributed by atoms with E-state index in [1.165, 1.54) is 0 Å². The van der Waals surface area contributed by atoms with E-state index in [4.69, 9.17) is 9.05 Å². The molecule has 4 aromatic heterocycles. The molecule has 0 radical (unpaired) electrons. The average molecular weight is 319 g/mol. The highest BCUT2D eigenvalue weighted by molar-refractivity contribution is 5.91. The Morgan fingerprint density at radius 1 is 1.04 bits per heavy atom. The highest BCUT2D eigenvalue weighted by Crippen LogP contribution is 2.42. The van der Waals surface area contributed by atoms with Gasteiger partial charge in [-0.3, -0.25) is 4.98 Å². The van der Waals surface area contributed by atoms with Gasteiger partial charge in [0.2, 0.25) is 5.82 Å². The molecule has 24 heavy (non-hydrogen) atoms. The maximum Gasteiger partial charge on any atom is 0.259 e. The molecule has 5 rings (SSSR count). The van der Waals surface area contributed by atoms with Crippen LogP contribution in [0.5, 0.6) is 0 Å². The van der Waals surface area contributed by atoms with Gasteiger partial charge < -0.3 is 9.05 Å². The molecule has 1 fully saturated rings. The molecule has 0 unspecified atom stereocenters. The van der Waals surface area contributed by atoms with E-state index in [0.29, 0.717) is 23.3 Å². The summed E-state index contributed by atoms with van der Waals surface area (Å²) in [4.78, 5) is 13.1. The molecule has 7 nitrogen and oxygen atoms in total. The van der Waals surface area contributed by atoms with E-state index in [-0.39, 0.29) is 0 Å². The monoisotopic (exact) mass is 319 g/mol. The second-order valence-electron chi connectivity index (χ2n) is 5.98. The van der Waals surface area contributed by atoms with Gasteiger partial charge in [0.15, 0.2) is 0 Å². The minimum Gasteiger partial charge on any atom is -0.336 e. The molecular weight excluding hydrogens is 306 g/mol. The molecule has 1 aliphatic rings. The van der Waals surface area contributed by atoms with Crippen molar-refractivity contribution in [1.29, 1.82) is 0 Å². The standard InChI is InChI=1S/C17H13N5O2/c1-9-14-12(8-13(10-2-3-10)19-17(14)24-21-9)16-20-15(22-23-16)11-4-6-18-7-5-11/h4-8,10H,2-3H2,1H3. The Kier molecular flexibility index (Phi) is 2.76. The fourth-order valence-electron chi connectivity index (χ4n) is 2.82. The van der Waals surface area contributed by atoms with Crippen molar-refractivity contribution in [3.05, 3.63) is 42.0 Å². The van der Waals surface area contributed by atoms with Crippen molar-refractivity contribution in [3.63, 3.8) is 0 Å². The number of aryl methyl sites for hydroxylation is 1. The molecule has 1 saturated carbocycles. The normalized spacial score (nSPS) is 14.4. The first kappa shape index (κ1) is 13.4. The third kappa shape index (κ3) is 2.09. The molecule has 4 heterocycles. The van der Waals surface area contributed by atoms with Crippen molar-refractivity contribution in [2.45, 2.75) is 25.7 Å². The van der Waals surface area contributed by atoms with Gasteiger partial charge in [-0.2, -0.15) is 4.98 Å². The van der Waals surface area contributed by atoms with Gasteiger partial charge >= 0.3 is 0 Å². The van der Waals surface area contributed by atoms with Gasteiger partial charge in [0.25, 0.3) is 11.6 Å². The Morgan fingerprint density at radius 3 is 2.67 bits per heavy atom. The molecule has 1 aliphatic carbocycles. The SMILES string of the molecule is Cc1noc2nc(C3CC3)cc(-c3nc(-c4ccncc4)no3)c12. The largest absolute Gasteiger partial charge is 0.336 e. The predicted octanol–water partition coefficient (Wildman–Crippen LogP) is 3.52. The molecule has 0 aliphatic heterocycles. The van der Waals surface area contributed by atoms with Crippen LogP contribution in [-0.4, -0.2) is 25.3 Å². The van der Waals surface area contributed by atoms with Crippen LogP contribution < -0.4 is 0 Å². The van der Waals surface area contributed by atoms with E-state index in [9.17, 15) is 0 Å². The molecular formula is C17H13N5O2. The third-order valence-corrected chi connectivity index (χ3v) is 4.23. The molecule has 0 N–H and O–H groups in total. The minimum absolute atomic E-state index is 0.447. The molecule has 4 aromatic rings. The molecule has 118 valence electrons. The predicted molar refractivity (Wildman–Crippen MR) is 85.0 cm³/mol. The lowest BCUT2D eigenvalue weighted by Gasteiger charge is -2.01. The second-order valence-corrected chi connectivity index (χ2v) is 5.98. The summed E-state index contributed by atoms with van der Waals surface area (Å²) in [5.41, 5.74) is 3.97. The van der Waals surface area contributed by atoms with Crippen molar-refractivity contribution in [2.24, 2.45) is 0 Å². The van der Waals surface area contributed by atoms with Crippen LogP contribution in [0.3, 0.4) is 0 Å². The molecule has 0 saturated heterocycles. The number of nitrogens with zero attached hydrogens (tertiary/aromatic N) is 5. The van der Waals surface area contributed by atoms with E-state index in [0.717, 1.165) is 40.7 Å². The van der Waals surface area contributed by atoms with E-state index in [1.807, 2.05) is 25.1 Å². The Balaban J connectivity index is 1.68. The Bertz CT molecular complexity index is 1030. The first-order chi connectivity index (χ1) is 11.8. The topological polar surface area (TPSA) is 90.7 Å². The van der Waals surface area contributed by atoms with Crippen LogP contribution in [0.4, 0.5) is 0 Å². The first-order valence-electron chi connectivity index (χ1n) is 7.81. The highest BCUT2D eigenvalue weighted by atomic mass is 16.5. The van der Waals surface area contributed by atoms with Crippen molar-refractivity contribution in [1.82, 2.24) is 25.3 Å². The van der Waals surface area contributed by atoms with Crippen molar-refractivity contribution >= 4 is 11.1 Å². The summed E-state index contributed by atoms with van der Waals surface area (Å²) in [5, 5.41) is 8.94. The first-order valence-corrected chi connectivity index (χ1v) is 7.81. The third-order valence-electron chi connectivity index (χ3n) is 4.23. The lowest BCUT2D eigenvalue weighted by molar-refractivity contribution is 0.432. The summed E-state index contributed by atoms with van der Waals surface area (Å²) in [6.45, 7) is 1.88. The summed E-state index contributed by atoms with van der Waals surface area (Å²) < 4.78 is 10.9. The number of fused-ring (bicyclic) bond motifs is 1. The lowest BCUT2D eigenvalue weighted by Crippen LogP contribution is -1.91. The van der Waals surface area contributed by atoms with Gasteiger partial charge in [-0.1, -0.05) is 10.3 Å². The Hall–Kier alpha value is -3.09. The van der Waals surface area contributed by atoms with Crippen molar-refractivity contribution in [2.75, 3.05) is 0 Å². The van der Waals surface area contributed by atoms with Gasteiger partial charge in [0.1, 0.15) is 0 Å². The number of rotatable bonds is 3. The fourth-order valence-corrected chi connectivity index (χ4v) is 2.82. The molecule has 7 heteroatoms. The number of hydrogen-bond donors (Lipinski definition) is 0. The van der Waals surface area contributed by atoms with E-state index < -0.39 is 0 Å². The minimum atomic E-state index is 0.447. The van der Waals surface area contributed by atoms with E-state index in [2.05, 4.69) is 25.3 Å². The average Bonchev–Trinajstić information content (AvgIpc) is 3.24. The van der Waals surface area contributed by atoms with Crippen LogP contribution >= 0.6 is 0 Å². The number of pyridine rings is 2. The highest BCUT2D eigenvalue weighted by Gasteiger charge is 2.28. The van der Waals surface area contributed by atoms with E-state index >= 15 is 0 Å². The molecule has 0 amide bonds. The van der Waals surface area contributed by atoms with Crippen LogP contribution in [0.15, 0.2) is 39.6 Å². The van der Waals surface area contributed by atoms with Gasteiger partial charge in [0.05, 0.1) is 16.6 Å². The zero-order valence-corrected chi connectivity index (χ0v) is 12.9. The quantitative estimate of drug-likeness (QED) is 0.570.